The van der Waals surface area contributed by atoms with Crippen LogP contribution in [0, 0.1) is 0 Å². The number of benzene rings is 1. The third-order valence-electron chi connectivity index (χ3n) is 2.84. The van der Waals surface area contributed by atoms with Crippen LogP contribution in [0.5, 0.6) is 0 Å². The topological polar surface area (TPSA) is 85.3 Å². The summed E-state index contributed by atoms with van der Waals surface area (Å²) in [7, 11) is 0. The van der Waals surface area contributed by atoms with E-state index in [0.717, 1.165) is 17.0 Å². The molecule has 0 radical (unpaired) electrons. The number of fused-ring (bicyclic) bond motifs is 1. The molecule has 98 valence electrons. The molecule has 0 unspecified atom stereocenters. The van der Waals surface area contributed by atoms with Gasteiger partial charge in [-0.1, -0.05) is 18.2 Å². The molecule has 0 saturated carbocycles. The lowest BCUT2D eigenvalue weighted by Gasteiger charge is -2.04. The Kier molecular flexibility index (Phi) is 3.37. The molecule has 1 amide bonds. The molecule has 1 heterocycles. The van der Waals surface area contributed by atoms with Gasteiger partial charge in [0.05, 0.1) is 5.56 Å². The number of amides is 1. The van der Waals surface area contributed by atoms with Crippen molar-refractivity contribution in [1.29, 1.82) is 0 Å². The van der Waals surface area contributed by atoms with Gasteiger partial charge in [-0.05, 0) is 18.6 Å². The highest BCUT2D eigenvalue weighted by Gasteiger charge is 2.12. The Morgan fingerprint density at radius 2 is 2.05 bits per heavy atom. The van der Waals surface area contributed by atoms with Gasteiger partial charge in [-0.15, -0.1) is 0 Å². The average molecular weight is 258 g/mol. The van der Waals surface area contributed by atoms with E-state index in [-0.39, 0.29) is 0 Å². The molecule has 5 heteroatoms. The van der Waals surface area contributed by atoms with Gasteiger partial charge in [0.1, 0.15) is 0 Å². The lowest BCUT2D eigenvalue weighted by molar-refractivity contribution is -0.131. The summed E-state index contributed by atoms with van der Waals surface area (Å²) in [6.07, 6.45) is 2.81. The maximum absolute atomic E-state index is 11.4. The van der Waals surface area contributed by atoms with Crippen molar-refractivity contribution in [3.63, 3.8) is 0 Å². The Labute approximate surface area is 109 Å². The molecule has 1 aromatic carbocycles. The summed E-state index contributed by atoms with van der Waals surface area (Å²) in [5, 5.41) is 9.48. The van der Waals surface area contributed by atoms with Crippen LogP contribution in [-0.2, 0) is 11.3 Å². The van der Waals surface area contributed by atoms with Crippen molar-refractivity contribution in [1.82, 2.24) is 4.57 Å². The van der Waals surface area contributed by atoms with Crippen molar-refractivity contribution in [2.45, 2.75) is 13.5 Å². The van der Waals surface area contributed by atoms with E-state index in [2.05, 4.69) is 0 Å². The lowest BCUT2D eigenvalue weighted by Crippen LogP contribution is -2.10. The molecule has 19 heavy (non-hydrogen) atoms. The first kappa shape index (κ1) is 12.9. The fraction of sp³-hybridized carbons (Fsp3) is 0.143. The summed E-state index contributed by atoms with van der Waals surface area (Å²) in [5.41, 5.74) is 7.33. The van der Waals surface area contributed by atoms with Crippen LogP contribution in [0.15, 0.2) is 42.1 Å². The maximum Gasteiger partial charge on any atom is 0.328 e. The van der Waals surface area contributed by atoms with Gasteiger partial charge in [0, 0.05) is 29.7 Å². The highest BCUT2D eigenvalue weighted by molar-refractivity contribution is 6.06. The number of primary amides is 1. The minimum atomic E-state index is -0.982. The number of nitrogens with two attached hydrogens (primary N) is 1. The monoisotopic (exact) mass is 258 g/mol. The molecule has 2 rings (SSSR count). The molecule has 5 nitrogen and oxygen atoms in total. The minimum absolute atomic E-state index is 0.403. The molecule has 0 fully saturated rings. The number of para-hydroxylation sites is 1. The van der Waals surface area contributed by atoms with Crippen LogP contribution >= 0.6 is 0 Å². The Morgan fingerprint density at radius 1 is 1.37 bits per heavy atom. The second-order valence-electron chi connectivity index (χ2n) is 4.38. The molecule has 0 saturated heterocycles. The van der Waals surface area contributed by atoms with Crippen molar-refractivity contribution >= 4 is 22.8 Å². The van der Waals surface area contributed by atoms with E-state index in [0.29, 0.717) is 17.7 Å². The zero-order valence-electron chi connectivity index (χ0n) is 10.5. The zero-order valence-corrected chi connectivity index (χ0v) is 10.5. The number of carbonyl (C=O) groups excluding carboxylic acids is 1. The van der Waals surface area contributed by atoms with Crippen molar-refractivity contribution in [2.24, 2.45) is 5.73 Å². The normalized spacial score (nSPS) is 11.7. The molecule has 0 spiro atoms. The Balaban J connectivity index is 2.50. The van der Waals surface area contributed by atoms with Gasteiger partial charge >= 0.3 is 5.97 Å². The first-order chi connectivity index (χ1) is 8.99. The maximum atomic E-state index is 11.4. The first-order valence-corrected chi connectivity index (χ1v) is 5.77. The summed E-state index contributed by atoms with van der Waals surface area (Å²) < 4.78 is 1.82. The Hall–Kier alpha value is -2.56. The predicted octanol–water partition coefficient (Wildman–Crippen LogP) is 1.77. The number of carbonyl (C=O) groups is 2. The highest BCUT2D eigenvalue weighted by Crippen LogP contribution is 2.21. The van der Waals surface area contributed by atoms with E-state index < -0.39 is 11.9 Å². The summed E-state index contributed by atoms with van der Waals surface area (Å²) >= 11 is 0. The van der Waals surface area contributed by atoms with E-state index in [9.17, 15) is 9.59 Å². The predicted molar refractivity (Wildman–Crippen MR) is 71.8 cm³/mol. The molecule has 2 aromatic rings. The summed E-state index contributed by atoms with van der Waals surface area (Å²) in [4.78, 5) is 22.0. The van der Waals surface area contributed by atoms with Crippen LogP contribution < -0.4 is 5.73 Å². The van der Waals surface area contributed by atoms with Gasteiger partial charge < -0.3 is 15.4 Å². The van der Waals surface area contributed by atoms with Crippen molar-refractivity contribution in [2.75, 3.05) is 0 Å². The van der Waals surface area contributed by atoms with Crippen LogP contribution in [0.1, 0.15) is 17.3 Å². The molecule has 0 aliphatic heterocycles. The minimum Gasteiger partial charge on any atom is -0.478 e. The second-order valence-corrected chi connectivity index (χ2v) is 4.38. The van der Waals surface area contributed by atoms with E-state index >= 15 is 0 Å². The summed E-state index contributed by atoms with van der Waals surface area (Å²) in [5.74, 6) is -1.47. The second kappa shape index (κ2) is 4.97. The number of hydrogen-bond donors (Lipinski definition) is 2. The van der Waals surface area contributed by atoms with Crippen LogP contribution in [-0.4, -0.2) is 21.6 Å². The molecule has 0 aliphatic rings. The SMILES string of the molecule is CC(=CC(=O)O)Cn1cc(C(N)=O)c2ccccc21. The highest BCUT2D eigenvalue weighted by atomic mass is 16.4. The number of carboxylic acid groups (broad SMARTS) is 1. The van der Waals surface area contributed by atoms with Crippen molar-refractivity contribution in [3.05, 3.63) is 47.7 Å². The average Bonchev–Trinajstić information content (AvgIpc) is 2.67. The smallest absolute Gasteiger partial charge is 0.328 e. The fourth-order valence-corrected chi connectivity index (χ4v) is 2.10. The van der Waals surface area contributed by atoms with Gasteiger partial charge in [0.25, 0.3) is 5.91 Å². The third kappa shape index (κ3) is 2.65. The summed E-state index contributed by atoms with van der Waals surface area (Å²) in [6, 6.07) is 7.39. The van der Waals surface area contributed by atoms with E-state index in [4.69, 9.17) is 10.8 Å². The molecule has 3 N–H and O–H groups in total. The quantitative estimate of drug-likeness (QED) is 0.819. The van der Waals surface area contributed by atoms with E-state index in [1.807, 2.05) is 28.8 Å². The first-order valence-electron chi connectivity index (χ1n) is 5.77. The molecule has 0 atom stereocenters. The van der Waals surface area contributed by atoms with Gasteiger partial charge in [0.15, 0.2) is 0 Å². The van der Waals surface area contributed by atoms with Crippen molar-refractivity contribution < 1.29 is 14.7 Å². The van der Waals surface area contributed by atoms with Crippen LogP contribution in [0.4, 0.5) is 0 Å². The van der Waals surface area contributed by atoms with Crippen molar-refractivity contribution in [3.8, 4) is 0 Å². The Bertz CT molecular complexity index is 683. The van der Waals surface area contributed by atoms with E-state index in [1.54, 1.807) is 13.1 Å². The Morgan fingerprint density at radius 3 is 2.68 bits per heavy atom. The molecular formula is C14H14N2O3. The number of nitrogens with zero attached hydrogens (tertiary/aromatic N) is 1. The van der Waals surface area contributed by atoms with Crippen LogP contribution in [0.25, 0.3) is 10.9 Å². The number of aromatic nitrogens is 1. The lowest BCUT2D eigenvalue weighted by atomic mass is 10.2. The molecular weight excluding hydrogens is 244 g/mol. The largest absolute Gasteiger partial charge is 0.478 e. The number of hydrogen-bond acceptors (Lipinski definition) is 2. The van der Waals surface area contributed by atoms with Gasteiger partial charge in [-0.25, -0.2) is 4.79 Å². The number of carboxylic acids is 1. The van der Waals surface area contributed by atoms with Gasteiger partial charge in [0.2, 0.25) is 0 Å². The molecule has 1 aromatic heterocycles. The summed E-state index contributed by atoms with van der Waals surface area (Å²) in [6.45, 7) is 2.13. The van der Waals surface area contributed by atoms with Crippen LogP contribution in [0.3, 0.4) is 0 Å². The fourth-order valence-electron chi connectivity index (χ4n) is 2.10. The third-order valence-corrected chi connectivity index (χ3v) is 2.84. The van der Waals surface area contributed by atoms with E-state index in [1.165, 1.54) is 0 Å². The molecule has 0 bridgehead atoms. The zero-order chi connectivity index (χ0) is 14.0. The standard InChI is InChI=1S/C14H14N2O3/c1-9(6-13(17)18)7-16-8-11(14(15)19)10-4-2-3-5-12(10)16/h2-6,8H,7H2,1H3,(H2,15,19)(H,17,18). The number of rotatable bonds is 4. The van der Waals surface area contributed by atoms with Crippen LogP contribution in [0.2, 0.25) is 0 Å². The number of allylic oxidation sites excluding steroid dienone is 1. The molecule has 0 aliphatic carbocycles. The van der Waals surface area contributed by atoms with Gasteiger partial charge in [-0.2, -0.15) is 0 Å². The van der Waals surface area contributed by atoms with Gasteiger partial charge in [-0.3, -0.25) is 4.79 Å². The number of aliphatic carboxylic acids is 1.